The van der Waals surface area contributed by atoms with Crippen molar-refractivity contribution in [1.82, 2.24) is 15.0 Å². The molecule has 0 unspecified atom stereocenters. The van der Waals surface area contributed by atoms with Crippen molar-refractivity contribution in [1.29, 1.82) is 0 Å². The number of nitrogens with zero attached hydrogens (tertiary/aromatic N) is 4. The van der Waals surface area contributed by atoms with Crippen LogP contribution >= 0.6 is 11.3 Å². The predicted octanol–water partition coefficient (Wildman–Crippen LogP) is 5.71. The smallest absolute Gasteiger partial charge is 0.262 e. The van der Waals surface area contributed by atoms with Crippen LogP contribution < -0.4 is 10.5 Å². The highest BCUT2D eigenvalue weighted by Crippen LogP contribution is 2.42. The number of nitrogens with two attached hydrogens (primary N) is 1. The Morgan fingerprint density at radius 2 is 1.82 bits per heavy atom. The van der Waals surface area contributed by atoms with Crippen molar-refractivity contribution in [2.24, 2.45) is 4.99 Å². The number of nitrogen functional groups attached to an aromatic ring is 1. The largest absolute Gasteiger partial charge is 0.368 e. The van der Waals surface area contributed by atoms with E-state index < -0.39 is 15.8 Å². The minimum atomic E-state index is -4.08. The van der Waals surface area contributed by atoms with Gasteiger partial charge in [0.25, 0.3) is 10.0 Å². The van der Waals surface area contributed by atoms with E-state index in [2.05, 4.69) is 19.7 Å². The summed E-state index contributed by atoms with van der Waals surface area (Å²) >= 11 is 1.33. The lowest BCUT2D eigenvalue weighted by atomic mass is 10.1. The van der Waals surface area contributed by atoms with Crippen LogP contribution in [-0.4, -0.2) is 29.6 Å². The maximum Gasteiger partial charge on any atom is 0.262 e. The van der Waals surface area contributed by atoms with Gasteiger partial charge in [-0.1, -0.05) is 42.5 Å². The number of hydrogen-bond acceptors (Lipinski definition) is 8. The van der Waals surface area contributed by atoms with Crippen molar-refractivity contribution < 1.29 is 12.8 Å². The van der Waals surface area contributed by atoms with E-state index in [-0.39, 0.29) is 22.1 Å². The zero-order valence-electron chi connectivity index (χ0n) is 19.7. The predicted molar refractivity (Wildman–Crippen MR) is 147 cm³/mol. The van der Waals surface area contributed by atoms with Gasteiger partial charge >= 0.3 is 0 Å². The van der Waals surface area contributed by atoms with Gasteiger partial charge in [0, 0.05) is 30.0 Å². The molecule has 11 heteroatoms. The molecule has 1 aliphatic rings. The fourth-order valence-electron chi connectivity index (χ4n) is 4.12. The first-order valence-electron chi connectivity index (χ1n) is 11.5. The van der Waals surface area contributed by atoms with Gasteiger partial charge in [0.2, 0.25) is 5.95 Å². The lowest BCUT2D eigenvalue weighted by molar-refractivity contribution is 0.599. The monoisotopic (exact) mass is 542 g/mol. The van der Waals surface area contributed by atoms with Crippen molar-refractivity contribution in [3.63, 3.8) is 0 Å². The highest BCUT2D eigenvalue weighted by Gasteiger charge is 2.24. The molecule has 1 aliphatic heterocycles. The molecule has 188 valence electrons. The molecule has 2 aromatic heterocycles. The van der Waals surface area contributed by atoms with Gasteiger partial charge < -0.3 is 5.73 Å². The summed E-state index contributed by atoms with van der Waals surface area (Å²) in [5.41, 5.74) is 8.91. The first-order valence-corrected chi connectivity index (χ1v) is 13.8. The topological polar surface area (TPSA) is 123 Å². The number of aliphatic imine (C=N–C) groups is 1. The van der Waals surface area contributed by atoms with Gasteiger partial charge in [-0.2, -0.15) is 0 Å². The third-order valence-electron chi connectivity index (χ3n) is 5.96. The molecule has 0 amide bonds. The van der Waals surface area contributed by atoms with Gasteiger partial charge in [-0.3, -0.25) is 9.71 Å². The van der Waals surface area contributed by atoms with Crippen LogP contribution in [0.4, 0.5) is 21.7 Å². The van der Waals surface area contributed by atoms with Crippen molar-refractivity contribution in [2.75, 3.05) is 10.5 Å². The van der Waals surface area contributed by atoms with E-state index in [0.29, 0.717) is 33.4 Å². The zero-order valence-corrected chi connectivity index (χ0v) is 21.3. The third-order valence-corrected chi connectivity index (χ3v) is 8.45. The van der Waals surface area contributed by atoms with Crippen molar-refractivity contribution in [3.05, 3.63) is 90.4 Å². The maximum atomic E-state index is 16.0. The van der Waals surface area contributed by atoms with E-state index in [9.17, 15) is 8.42 Å². The first-order chi connectivity index (χ1) is 18.4. The summed E-state index contributed by atoms with van der Waals surface area (Å²) in [5.74, 6) is -0.688. The Hall–Kier alpha value is -4.48. The Bertz CT molecular complexity index is 1820. The highest BCUT2D eigenvalue weighted by molar-refractivity contribution is 7.92. The standard InChI is InChI=1S/C27H19FN6O2S2/c28-23-19(7-4-8-20(23)34-38(35,36)18-10-9-16-11-13-30-22(16)15-18)24-25(21-12-14-31-27(29)32-21)37-26(33-24)17-5-2-1-3-6-17/h1-10,12-15,34H,11H2,(H2,29,31,32). The summed E-state index contributed by atoms with van der Waals surface area (Å²) in [5, 5.41) is 0.650. The van der Waals surface area contributed by atoms with Crippen LogP contribution in [0.3, 0.4) is 0 Å². The number of aromatic nitrogens is 3. The fourth-order valence-corrected chi connectivity index (χ4v) is 6.26. The lowest BCUT2D eigenvalue weighted by Crippen LogP contribution is -2.14. The van der Waals surface area contributed by atoms with Gasteiger partial charge in [0.1, 0.15) is 5.01 Å². The van der Waals surface area contributed by atoms with Crippen molar-refractivity contribution in [2.45, 2.75) is 11.3 Å². The Kier molecular flexibility index (Phi) is 5.93. The zero-order chi connectivity index (χ0) is 26.3. The Balaban J connectivity index is 1.44. The Morgan fingerprint density at radius 3 is 2.63 bits per heavy atom. The molecule has 0 fully saturated rings. The molecule has 6 rings (SSSR count). The molecule has 0 atom stereocenters. The molecule has 5 aromatic rings. The third kappa shape index (κ3) is 4.42. The Morgan fingerprint density at radius 1 is 0.974 bits per heavy atom. The van der Waals surface area contributed by atoms with Crippen LogP contribution in [0.25, 0.3) is 32.4 Å². The van der Waals surface area contributed by atoms with Crippen LogP contribution in [0.15, 0.2) is 88.9 Å². The maximum absolute atomic E-state index is 16.0. The molecule has 3 N–H and O–H groups in total. The average molecular weight is 543 g/mol. The molecular formula is C27H19FN6O2S2. The number of thiazole rings is 1. The number of hydrogen-bond donors (Lipinski definition) is 2. The van der Waals surface area contributed by atoms with Gasteiger partial charge in [0.15, 0.2) is 5.82 Å². The number of halogens is 1. The van der Waals surface area contributed by atoms with Gasteiger partial charge in [-0.25, -0.2) is 27.8 Å². The number of rotatable bonds is 6. The molecule has 38 heavy (non-hydrogen) atoms. The number of nitrogens with one attached hydrogen (secondary N) is 1. The molecule has 0 spiro atoms. The molecule has 0 saturated carbocycles. The summed E-state index contributed by atoms with van der Waals surface area (Å²) < 4.78 is 44.6. The minimum Gasteiger partial charge on any atom is -0.368 e. The van der Waals surface area contributed by atoms with Crippen LogP contribution in [-0.2, 0) is 16.4 Å². The van der Waals surface area contributed by atoms with Crippen LogP contribution in [0, 0.1) is 5.82 Å². The summed E-state index contributed by atoms with van der Waals surface area (Å²) in [6.45, 7) is 0. The molecule has 0 aliphatic carbocycles. The number of benzene rings is 3. The second kappa shape index (κ2) is 9.43. The van der Waals surface area contributed by atoms with E-state index in [1.165, 1.54) is 35.7 Å². The van der Waals surface area contributed by atoms with Crippen molar-refractivity contribution in [3.8, 4) is 32.4 Å². The fraction of sp³-hybridized carbons (Fsp3) is 0.0370. The summed E-state index contributed by atoms with van der Waals surface area (Å²) in [6.07, 6.45) is 3.89. The highest BCUT2D eigenvalue weighted by atomic mass is 32.2. The van der Waals surface area contributed by atoms with E-state index in [1.54, 1.807) is 30.5 Å². The van der Waals surface area contributed by atoms with E-state index >= 15 is 4.39 Å². The summed E-state index contributed by atoms with van der Waals surface area (Å²) in [4.78, 5) is 17.8. The van der Waals surface area contributed by atoms with E-state index in [0.717, 1.165) is 11.1 Å². The molecule has 0 saturated heterocycles. The first kappa shape index (κ1) is 23.9. The normalized spacial score (nSPS) is 12.4. The number of fused-ring (bicyclic) bond motifs is 1. The molecular weight excluding hydrogens is 523 g/mol. The van der Waals surface area contributed by atoms with E-state index in [1.807, 2.05) is 30.3 Å². The van der Waals surface area contributed by atoms with Crippen molar-refractivity contribution >= 4 is 44.9 Å². The lowest BCUT2D eigenvalue weighted by Gasteiger charge is -2.12. The summed E-state index contributed by atoms with van der Waals surface area (Å²) in [7, 11) is -4.08. The molecule has 8 nitrogen and oxygen atoms in total. The SMILES string of the molecule is Nc1nccc(-c2sc(-c3ccccc3)nc2-c2cccc(NS(=O)(=O)c3ccc4c(c3)N=CC4)c2F)n1. The minimum absolute atomic E-state index is 0.00252. The van der Waals surface area contributed by atoms with Crippen LogP contribution in [0.1, 0.15) is 5.56 Å². The second-order valence-electron chi connectivity index (χ2n) is 8.44. The van der Waals surface area contributed by atoms with Gasteiger partial charge in [0.05, 0.1) is 32.5 Å². The molecule has 3 heterocycles. The van der Waals surface area contributed by atoms with Crippen LogP contribution in [0.2, 0.25) is 0 Å². The van der Waals surface area contributed by atoms with Gasteiger partial charge in [-0.15, -0.1) is 11.3 Å². The van der Waals surface area contributed by atoms with E-state index in [4.69, 9.17) is 10.7 Å². The molecule has 0 bridgehead atoms. The van der Waals surface area contributed by atoms with Gasteiger partial charge in [-0.05, 0) is 35.9 Å². The Labute approximate surface area is 221 Å². The second-order valence-corrected chi connectivity index (χ2v) is 11.1. The number of anilines is 2. The quantitative estimate of drug-likeness (QED) is 0.283. The number of sulfonamides is 1. The molecule has 3 aromatic carbocycles. The van der Waals surface area contributed by atoms with Crippen LogP contribution in [0.5, 0.6) is 0 Å². The molecule has 0 radical (unpaired) electrons. The summed E-state index contributed by atoms with van der Waals surface area (Å²) in [6, 6.07) is 20.3. The average Bonchev–Trinajstić information content (AvgIpc) is 3.57.